The van der Waals surface area contributed by atoms with Crippen LogP contribution in [0.1, 0.15) is 24.0 Å². The van der Waals surface area contributed by atoms with Crippen molar-refractivity contribution in [3.05, 3.63) is 175 Å². The molecule has 0 saturated carbocycles. The summed E-state index contributed by atoms with van der Waals surface area (Å²) >= 11 is 0. The molecule has 51 heavy (non-hydrogen) atoms. The molecule has 0 bridgehead atoms. The number of nitrogens with zero attached hydrogens (tertiary/aromatic N) is 3. The number of aromatic nitrogens is 3. The molecule has 4 heteroatoms. The highest BCUT2D eigenvalue weighted by molar-refractivity contribution is 6.15. The van der Waals surface area contributed by atoms with Gasteiger partial charge in [0.1, 0.15) is 11.2 Å². The van der Waals surface area contributed by atoms with Crippen LogP contribution in [0.5, 0.6) is 0 Å². The first-order valence-corrected chi connectivity index (χ1v) is 17.4. The zero-order valence-electron chi connectivity index (χ0n) is 27.8. The van der Waals surface area contributed by atoms with Crippen molar-refractivity contribution >= 4 is 54.6 Å². The van der Waals surface area contributed by atoms with Crippen molar-refractivity contribution in [1.29, 1.82) is 0 Å². The zero-order chi connectivity index (χ0) is 33.7. The van der Waals surface area contributed by atoms with E-state index in [0.717, 1.165) is 62.4 Å². The van der Waals surface area contributed by atoms with Crippen molar-refractivity contribution in [3.63, 3.8) is 0 Å². The van der Waals surface area contributed by atoms with E-state index in [2.05, 4.69) is 103 Å². The number of furan rings is 1. The summed E-state index contributed by atoms with van der Waals surface area (Å²) in [5.74, 6) is 1.88. The first-order chi connectivity index (χ1) is 25.2. The average Bonchev–Trinajstić information content (AvgIpc) is 3.57. The number of hydrogen-bond acceptors (Lipinski definition) is 4. The third-order valence-corrected chi connectivity index (χ3v) is 9.93. The molecule has 0 atom stereocenters. The van der Waals surface area contributed by atoms with Gasteiger partial charge in [0.25, 0.3) is 0 Å². The second-order valence-electron chi connectivity index (χ2n) is 13.2. The zero-order valence-corrected chi connectivity index (χ0v) is 27.8. The molecule has 4 nitrogen and oxygen atoms in total. The second-order valence-corrected chi connectivity index (χ2v) is 13.2. The van der Waals surface area contributed by atoms with E-state index in [-0.39, 0.29) is 0 Å². The molecule has 0 spiro atoms. The predicted molar refractivity (Wildman–Crippen MR) is 210 cm³/mol. The van der Waals surface area contributed by atoms with Gasteiger partial charge in [-0.2, -0.15) is 0 Å². The molecule has 1 aliphatic carbocycles. The van der Waals surface area contributed by atoms with Crippen LogP contribution in [-0.2, 0) is 0 Å². The summed E-state index contributed by atoms with van der Waals surface area (Å²) in [5.41, 5.74) is 9.32. The summed E-state index contributed by atoms with van der Waals surface area (Å²) in [4.78, 5) is 15.1. The smallest absolute Gasteiger partial charge is 0.164 e. The van der Waals surface area contributed by atoms with E-state index in [9.17, 15) is 0 Å². The van der Waals surface area contributed by atoms with Gasteiger partial charge in [0.15, 0.2) is 17.5 Å². The van der Waals surface area contributed by atoms with Crippen molar-refractivity contribution in [1.82, 2.24) is 15.0 Å². The number of fused-ring (bicyclic) bond motifs is 5. The minimum absolute atomic E-state index is 0.609. The molecule has 7 aromatic carbocycles. The summed E-state index contributed by atoms with van der Waals surface area (Å²) in [7, 11) is 0. The fourth-order valence-corrected chi connectivity index (χ4v) is 7.40. The van der Waals surface area contributed by atoms with E-state index in [1.54, 1.807) is 0 Å². The molecule has 10 rings (SSSR count). The molecule has 0 radical (unpaired) electrons. The molecule has 0 aliphatic heterocycles. The van der Waals surface area contributed by atoms with Gasteiger partial charge in [-0.25, -0.2) is 15.0 Å². The SMILES string of the molecule is C1=C(c2ccc3ccccc3c2)C=C(c2cc(-c3nc(-c4ccccc4)nc(-c4ccccc4)n3)cc3oc4cc5ccccc5cc4c23)CC1. The van der Waals surface area contributed by atoms with E-state index in [1.807, 2.05) is 60.7 Å². The van der Waals surface area contributed by atoms with Gasteiger partial charge >= 0.3 is 0 Å². The molecule has 0 amide bonds. The van der Waals surface area contributed by atoms with Crippen LogP contribution < -0.4 is 0 Å². The second kappa shape index (κ2) is 12.0. The van der Waals surface area contributed by atoms with Crippen molar-refractivity contribution in [2.45, 2.75) is 12.8 Å². The Balaban J connectivity index is 1.21. The van der Waals surface area contributed by atoms with Gasteiger partial charge in [-0.3, -0.25) is 0 Å². The Kier molecular flexibility index (Phi) is 6.91. The van der Waals surface area contributed by atoms with E-state index in [1.165, 1.54) is 32.9 Å². The van der Waals surface area contributed by atoms with Crippen LogP contribution in [0.3, 0.4) is 0 Å². The van der Waals surface area contributed by atoms with Crippen LogP contribution >= 0.6 is 0 Å². The number of allylic oxidation sites excluding steroid dienone is 4. The molecule has 240 valence electrons. The Labute approximate surface area is 295 Å². The van der Waals surface area contributed by atoms with Crippen LogP contribution in [0.4, 0.5) is 0 Å². The summed E-state index contributed by atoms with van der Waals surface area (Å²) in [6.45, 7) is 0. The fourth-order valence-electron chi connectivity index (χ4n) is 7.40. The Bertz CT molecular complexity index is 2790. The predicted octanol–water partition coefficient (Wildman–Crippen LogP) is 12.3. The lowest BCUT2D eigenvalue weighted by molar-refractivity contribution is 0.669. The van der Waals surface area contributed by atoms with Crippen LogP contribution in [0.15, 0.2) is 168 Å². The minimum atomic E-state index is 0.609. The van der Waals surface area contributed by atoms with E-state index < -0.39 is 0 Å². The standard InChI is InChI=1S/C47H31N3O/c1-3-13-31(14-4-1)45-48-46(32-15-5-2-6-16-32)50-47(49-45)39-27-40(44-41-26-35-18-9-10-19-36(35)28-42(41)51-43(44)29-39)38-21-11-20-34(25-38)37-23-22-30-12-7-8-17-33(30)24-37/h1-10,12-20,22-29H,11,21H2. The van der Waals surface area contributed by atoms with E-state index in [0.29, 0.717) is 17.5 Å². The van der Waals surface area contributed by atoms with E-state index in [4.69, 9.17) is 19.4 Å². The summed E-state index contributed by atoms with van der Waals surface area (Å²) < 4.78 is 6.73. The van der Waals surface area contributed by atoms with Gasteiger partial charge in [0.2, 0.25) is 0 Å². The van der Waals surface area contributed by atoms with Crippen molar-refractivity contribution < 1.29 is 4.42 Å². The molecule has 1 aliphatic rings. The lowest BCUT2D eigenvalue weighted by atomic mass is 9.87. The topological polar surface area (TPSA) is 51.8 Å². The van der Waals surface area contributed by atoms with Gasteiger partial charge in [-0.1, -0.05) is 133 Å². The summed E-state index contributed by atoms with van der Waals surface area (Å²) in [5, 5.41) is 7.06. The highest BCUT2D eigenvalue weighted by Gasteiger charge is 2.21. The largest absolute Gasteiger partial charge is 0.456 e. The molecule has 0 saturated heterocycles. The van der Waals surface area contributed by atoms with Crippen LogP contribution in [0, 0.1) is 0 Å². The first-order valence-electron chi connectivity index (χ1n) is 17.4. The summed E-state index contributed by atoms with van der Waals surface area (Å²) in [6.07, 6.45) is 6.59. The maximum atomic E-state index is 6.73. The van der Waals surface area contributed by atoms with Gasteiger partial charge < -0.3 is 4.42 Å². The normalized spacial score (nSPS) is 13.2. The van der Waals surface area contributed by atoms with Gasteiger partial charge in [0, 0.05) is 27.5 Å². The molecule has 2 heterocycles. The third-order valence-electron chi connectivity index (χ3n) is 9.93. The highest BCUT2D eigenvalue weighted by Crippen LogP contribution is 2.42. The van der Waals surface area contributed by atoms with Crippen molar-refractivity contribution in [3.8, 4) is 34.2 Å². The molecular weight excluding hydrogens is 623 g/mol. The summed E-state index contributed by atoms with van der Waals surface area (Å²) in [6, 6.07) is 52.8. The fraction of sp³-hybridized carbons (Fsp3) is 0.0426. The maximum Gasteiger partial charge on any atom is 0.164 e. The monoisotopic (exact) mass is 653 g/mol. The molecule has 2 aromatic heterocycles. The van der Waals surface area contributed by atoms with Crippen molar-refractivity contribution in [2.24, 2.45) is 0 Å². The average molecular weight is 654 g/mol. The third kappa shape index (κ3) is 5.29. The molecule has 0 N–H and O–H groups in total. The molecule has 9 aromatic rings. The first kappa shape index (κ1) is 29.3. The Hall–Kier alpha value is -6.65. The number of rotatable bonds is 5. The van der Waals surface area contributed by atoms with Gasteiger partial charge in [-0.05, 0) is 87.0 Å². The molecule has 0 fully saturated rings. The minimum Gasteiger partial charge on any atom is -0.456 e. The lowest BCUT2D eigenvalue weighted by Crippen LogP contribution is -2.01. The van der Waals surface area contributed by atoms with Crippen LogP contribution in [-0.4, -0.2) is 15.0 Å². The Morgan fingerprint density at radius 1 is 0.451 bits per heavy atom. The quantitative estimate of drug-likeness (QED) is 0.185. The van der Waals surface area contributed by atoms with Gasteiger partial charge in [-0.15, -0.1) is 0 Å². The van der Waals surface area contributed by atoms with Gasteiger partial charge in [0.05, 0.1) is 0 Å². The molecular formula is C47H31N3O. The van der Waals surface area contributed by atoms with Crippen molar-refractivity contribution in [2.75, 3.05) is 0 Å². The van der Waals surface area contributed by atoms with E-state index >= 15 is 0 Å². The maximum absolute atomic E-state index is 6.73. The Morgan fingerprint density at radius 2 is 1.04 bits per heavy atom. The van der Waals surface area contributed by atoms with Crippen LogP contribution in [0.25, 0.3) is 88.8 Å². The molecule has 0 unspecified atom stereocenters. The Morgan fingerprint density at radius 3 is 1.73 bits per heavy atom. The lowest BCUT2D eigenvalue weighted by Gasteiger charge is -2.17. The van der Waals surface area contributed by atoms with Crippen LogP contribution in [0.2, 0.25) is 0 Å². The number of benzene rings is 7. The number of hydrogen-bond donors (Lipinski definition) is 0. The highest BCUT2D eigenvalue weighted by atomic mass is 16.3.